The Hall–Kier alpha value is -0.790. The van der Waals surface area contributed by atoms with Gasteiger partial charge in [0.1, 0.15) is 0 Å². The van der Waals surface area contributed by atoms with Crippen molar-refractivity contribution in [1.82, 2.24) is 5.32 Å². The Morgan fingerprint density at radius 2 is 2.20 bits per heavy atom. The topological polar surface area (TPSA) is 29.1 Å². The van der Waals surface area contributed by atoms with Crippen molar-refractivity contribution in [2.24, 2.45) is 17.8 Å². The molecule has 3 aliphatic rings. The fraction of sp³-hybridized carbons (Fsp3) is 0.625. The molecule has 0 aromatic rings. The van der Waals surface area contributed by atoms with Crippen LogP contribution in [0.25, 0.3) is 0 Å². The third-order valence-corrected chi connectivity index (χ3v) is 3.07. The molecule has 0 radical (unpaired) electrons. The fourth-order valence-corrected chi connectivity index (χ4v) is 2.54. The van der Waals surface area contributed by atoms with Crippen molar-refractivity contribution in [3.8, 4) is 0 Å². The second kappa shape index (κ2) is 1.29. The van der Waals surface area contributed by atoms with Crippen LogP contribution in [0, 0.1) is 17.8 Å². The molecule has 4 atom stereocenters. The monoisotopic (exact) mass is 135 g/mol. The maximum Gasteiger partial charge on any atom is 0.226 e. The van der Waals surface area contributed by atoms with Crippen molar-refractivity contribution in [2.75, 3.05) is 0 Å². The minimum atomic E-state index is 0.279. The van der Waals surface area contributed by atoms with Crippen LogP contribution in [-0.2, 0) is 4.79 Å². The number of rotatable bonds is 0. The van der Waals surface area contributed by atoms with E-state index in [0.29, 0.717) is 23.8 Å². The summed E-state index contributed by atoms with van der Waals surface area (Å²) in [6.45, 7) is 0. The first-order valence-electron chi connectivity index (χ1n) is 3.85. The van der Waals surface area contributed by atoms with Crippen molar-refractivity contribution in [1.29, 1.82) is 0 Å². The van der Waals surface area contributed by atoms with Gasteiger partial charge in [0.05, 0.1) is 5.92 Å². The van der Waals surface area contributed by atoms with E-state index in [4.69, 9.17) is 0 Å². The molecule has 0 unspecified atom stereocenters. The lowest BCUT2D eigenvalue weighted by atomic mass is 9.82. The van der Waals surface area contributed by atoms with E-state index in [9.17, 15) is 4.79 Å². The Kier molecular flexibility index (Phi) is 0.636. The highest BCUT2D eigenvalue weighted by Gasteiger charge is 2.54. The van der Waals surface area contributed by atoms with Crippen LogP contribution in [0.2, 0.25) is 0 Å². The van der Waals surface area contributed by atoms with Gasteiger partial charge in [-0.05, 0) is 18.3 Å². The van der Waals surface area contributed by atoms with Crippen molar-refractivity contribution >= 4 is 5.91 Å². The smallest absolute Gasteiger partial charge is 0.226 e. The van der Waals surface area contributed by atoms with E-state index >= 15 is 0 Å². The molecule has 1 saturated heterocycles. The Labute approximate surface area is 59.3 Å². The molecular weight excluding hydrogens is 126 g/mol. The number of allylic oxidation sites excluding steroid dienone is 1. The summed E-state index contributed by atoms with van der Waals surface area (Å²) < 4.78 is 0. The molecule has 2 fully saturated rings. The van der Waals surface area contributed by atoms with Crippen LogP contribution < -0.4 is 5.32 Å². The zero-order valence-corrected chi connectivity index (χ0v) is 5.58. The van der Waals surface area contributed by atoms with Gasteiger partial charge in [-0.15, -0.1) is 0 Å². The molecule has 1 saturated carbocycles. The molecule has 0 aromatic heterocycles. The third-order valence-electron chi connectivity index (χ3n) is 3.07. The number of carbonyl (C=O) groups excluding carboxylic acids is 1. The zero-order valence-electron chi connectivity index (χ0n) is 5.58. The maximum absolute atomic E-state index is 11.0. The predicted octanol–water partition coefficient (Wildman–Crippen LogP) is 0.307. The second-order valence-corrected chi connectivity index (χ2v) is 3.51. The van der Waals surface area contributed by atoms with E-state index in [1.54, 1.807) is 0 Å². The van der Waals surface area contributed by atoms with E-state index < -0.39 is 0 Å². The van der Waals surface area contributed by atoms with Gasteiger partial charge in [-0.1, -0.05) is 12.2 Å². The summed E-state index contributed by atoms with van der Waals surface area (Å²) in [5.74, 6) is 1.90. The molecule has 0 aromatic carbocycles. The largest absolute Gasteiger partial charge is 0.352 e. The lowest BCUT2D eigenvalue weighted by molar-refractivity contribution is -0.135. The molecule has 3 rings (SSSR count). The van der Waals surface area contributed by atoms with Crippen LogP contribution in [0.5, 0.6) is 0 Å². The van der Waals surface area contributed by atoms with Crippen LogP contribution in [0.1, 0.15) is 6.42 Å². The number of hydrogen-bond acceptors (Lipinski definition) is 1. The lowest BCUT2D eigenvalue weighted by Crippen LogP contribution is -2.59. The predicted molar refractivity (Wildman–Crippen MR) is 36.2 cm³/mol. The molecule has 1 N–H and O–H groups in total. The zero-order chi connectivity index (χ0) is 6.72. The van der Waals surface area contributed by atoms with Crippen molar-refractivity contribution < 1.29 is 4.79 Å². The first-order valence-corrected chi connectivity index (χ1v) is 3.85. The van der Waals surface area contributed by atoms with E-state index in [1.807, 2.05) is 0 Å². The summed E-state index contributed by atoms with van der Waals surface area (Å²) in [4.78, 5) is 11.0. The summed E-state index contributed by atoms with van der Waals surface area (Å²) in [5, 5.41) is 2.95. The molecule has 2 nitrogen and oxygen atoms in total. The van der Waals surface area contributed by atoms with E-state index in [1.165, 1.54) is 6.42 Å². The second-order valence-electron chi connectivity index (χ2n) is 3.51. The summed E-state index contributed by atoms with van der Waals surface area (Å²) in [6, 6.07) is 0.516. The van der Waals surface area contributed by atoms with Crippen LogP contribution in [0.3, 0.4) is 0 Å². The van der Waals surface area contributed by atoms with Gasteiger partial charge in [0.2, 0.25) is 5.91 Å². The van der Waals surface area contributed by atoms with Crippen LogP contribution in [0.4, 0.5) is 0 Å². The van der Waals surface area contributed by atoms with E-state index in [-0.39, 0.29) is 5.91 Å². The number of β-lactam (4-membered cyclic amide) rings is 1. The lowest BCUT2D eigenvalue weighted by Gasteiger charge is -2.37. The van der Waals surface area contributed by atoms with E-state index in [0.717, 1.165) is 0 Å². The van der Waals surface area contributed by atoms with E-state index in [2.05, 4.69) is 17.5 Å². The SMILES string of the molecule is O=C1N[C@H]2[C@H]1[C@@H]1C=C[C@H]2C1. The average Bonchev–Trinajstić information content (AvgIpc) is 2.40. The highest BCUT2D eigenvalue weighted by Crippen LogP contribution is 2.47. The Morgan fingerprint density at radius 3 is 2.80 bits per heavy atom. The fourth-order valence-electron chi connectivity index (χ4n) is 2.54. The number of fused-ring (bicyclic) bond motifs is 5. The Morgan fingerprint density at radius 1 is 1.40 bits per heavy atom. The summed E-state index contributed by atoms with van der Waals surface area (Å²) in [7, 11) is 0. The third kappa shape index (κ3) is 0.349. The van der Waals surface area contributed by atoms with Crippen molar-refractivity contribution in [2.45, 2.75) is 12.5 Å². The molecular formula is C8H9NO. The van der Waals surface area contributed by atoms with Crippen molar-refractivity contribution in [3.63, 3.8) is 0 Å². The Balaban J connectivity index is 2.03. The number of amides is 1. The molecule has 0 spiro atoms. The maximum atomic E-state index is 11.0. The number of carbonyl (C=O) groups is 1. The van der Waals surface area contributed by atoms with Gasteiger partial charge >= 0.3 is 0 Å². The minimum Gasteiger partial charge on any atom is -0.352 e. The standard InChI is InChI=1S/C8H9NO/c10-8-6-4-1-2-5(3-4)7(6)9-8/h1-2,4-7H,3H2,(H,9,10)/t4-,5+,6-,7-/m1/s1. The van der Waals surface area contributed by atoms with Crippen LogP contribution in [0.15, 0.2) is 12.2 Å². The molecule has 10 heavy (non-hydrogen) atoms. The van der Waals surface area contributed by atoms with Gasteiger partial charge in [-0.25, -0.2) is 0 Å². The first-order chi connectivity index (χ1) is 4.86. The van der Waals surface area contributed by atoms with Gasteiger partial charge in [-0.2, -0.15) is 0 Å². The number of hydrogen-bond donors (Lipinski definition) is 1. The van der Waals surface area contributed by atoms with Gasteiger partial charge in [-0.3, -0.25) is 4.79 Å². The molecule has 2 bridgehead atoms. The van der Waals surface area contributed by atoms with Gasteiger partial charge < -0.3 is 5.32 Å². The van der Waals surface area contributed by atoms with Gasteiger partial charge in [0.15, 0.2) is 0 Å². The summed E-state index contributed by atoms with van der Waals surface area (Å²) >= 11 is 0. The van der Waals surface area contributed by atoms with Crippen LogP contribution in [-0.4, -0.2) is 11.9 Å². The highest BCUT2D eigenvalue weighted by molar-refractivity contribution is 5.87. The van der Waals surface area contributed by atoms with Gasteiger partial charge in [0.25, 0.3) is 0 Å². The highest BCUT2D eigenvalue weighted by atomic mass is 16.2. The molecule has 52 valence electrons. The molecule has 1 amide bonds. The summed E-state index contributed by atoms with van der Waals surface area (Å²) in [6.07, 6.45) is 5.68. The summed E-state index contributed by atoms with van der Waals surface area (Å²) in [5.41, 5.74) is 0. The van der Waals surface area contributed by atoms with Crippen molar-refractivity contribution in [3.05, 3.63) is 12.2 Å². The average molecular weight is 135 g/mol. The molecule has 1 aliphatic heterocycles. The number of nitrogens with one attached hydrogen (secondary N) is 1. The molecule has 1 heterocycles. The minimum absolute atomic E-state index is 0.279. The Bertz CT molecular complexity index is 233. The normalized spacial score (nSPS) is 54.2. The first kappa shape index (κ1) is 4.94. The van der Waals surface area contributed by atoms with Crippen LogP contribution >= 0.6 is 0 Å². The molecule has 2 aliphatic carbocycles. The quantitative estimate of drug-likeness (QED) is 0.376. The molecule has 2 heteroatoms. The van der Waals surface area contributed by atoms with Gasteiger partial charge in [0, 0.05) is 6.04 Å².